The van der Waals surface area contributed by atoms with E-state index in [9.17, 15) is 4.39 Å². The minimum Gasteiger partial charge on any atom is -0.323 e. The molecule has 0 atom stereocenters. The van der Waals surface area contributed by atoms with Crippen molar-refractivity contribution < 1.29 is 4.39 Å². The van der Waals surface area contributed by atoms with Crippen LogP contribution in [-0.2, 0) is 0 Å². The molecule has 1 aromatic carbocycles. The molecule has 0 aliphatic heterocycles. The van der Waals surface area contributed by atoms with Gasteiger partial charge in [-0.1, -0.05) is 23.2 Å². The van der Waals surface area contributed by atoms with Crippen LogP contribution in [0.15, 0.2) is 17.2 Å². The fourth-order valence-electron chi connectivity index (χ4n) is 0.736. The van der Waals surface area contributed by atoms with Crippen LogP contribution < -0.4 is 5.84 Å². The molecule has 0 aliphatic rings. The molecule has 0 spiro atoms. The quantitative estimate of drug-likeness (QED) is 0.326. The van der Waals surface area contributed by atoms with Crippen LogP contribution in [0.3, 0.4) is 0 Å². The van der Waals surface area contributed by atoms with Gasteiger partial charge in [0.05, 0.1) is 16.3 Å². The second kappa shape index (κ2) is 3.74. The molecule has 2 N–H and O–H groups in total. The average Bonchev–Trinajstić information content (AvgIpc) is 2.06. The highest BCUT2D eigenvalue weighted by atomic mass is 35.5. The van der Waals surface area contributed by atoms with Crippen LogP contribution in [0.5, 0.6) is 0 Å². The molecule has 0 aliphatic carbocycles. The lowest BCUT2D eigenvalue weighted by Crippen LogP contribution is -1.91. The van der Waals surface area contributed by atoms with Gasteiger partial charge in [0.15, 0.2) is 0 Å². The van der Waals surface area contributed by atoms with Gasteiger partial charge in [0.1, 0.15) is 5.82 Å². The van der Waals surface area contributed by atoms with Gasteiger partial charge in [0.2, 0.25) is 0 Å². The van der Waals surface area contributed by atoms with Crippen LogP contribution in [0.1, 0.15) is 5.56 Å². The molecule has 0 radical (unpaired) electrons. The summed E-state index contributed by atoms with van der Waals surface area (Å²) in [6.07, 6.45) is 1.20. The summed E-state index contributed by atoms with van der Waals surface area (Å²) in [5.74, 6) is 4.33. The second-order valence-corrected chi connectivity index (χ2v) is 2.82. The van der Waals surface area contributed by atoms with Gasteiger partial charge >= 0.3 is 0 Å². The number of rotatable bonds is 1. The Labute approximate surface area is 78.8 Å². The predicted octanol–water partition coefficient (Wildman–Crippen LogP) is 2.43. The number of hydrazone groups is 1. The summed E-state index contributed by atoms with van der Waals surface area (Å²) >= 11 is 11.3. The number of nitrogens with two attached hydrogens (primary N) is 1. The van der Waals surface area contributed by atoms with E-state index in [0.717, 1.165) is 0 Å². The highest BCUT2D eigenvalue weighted by Crippen LogP contribution is 2.25. The Morgan fingerprint density at radius 3 is 2.67 bits per heavy atom. The fraction of sp³-hybridized carbons (Fsp3) is 0. The Bertz CT molecular complexity index is 325. The smallest absolute Gasteiger partial charge is 0.142 e. The molecule has 12 heavy (non-hydrogen) atoms. The van der Waals surface area contributed by atoms with Gasteiger partial charge < -0.3 is 5.84 Å². The molecule has 5 heteroatoms. The maximum absolute atomic E-state index is 12.8. The van der Waals surface area contributed by atoms with Crippen LogP contribution >= 0.6 is 23.2 Å². The zero-order chi connectivity index (χ0) is 9.14. The highest BCUT2D eigenvalue weighted by molar-refractivity contribution is 6.38. The van der Waals surface area contributed by atoms with E-state index in [2.05, 4.69) is 5.10 Å². The largest absolute Gasteiger partial charge is 0.323 e. The molecule has 0 unspecified atom stereocenters. The number of hydrogen-bond donors (Lipinski definition) is 1. The van der Waals surface area contributed by atoms with E-state index in [1.54, 1.807) is 0 Å². The topological polar surface area (TPSA) is 38.4 Å². The summed E-state index contributed by atoms with van der Waals surface area (Å²) in [5.41, 5.74) is 0.292. The van der Waals surface area contributed by atoms with Crippen LogP contribution in [0.25, 0.3) is 0 Å². The Morgan fingerprint density at radius 1 is 1.42 bits per heavy atom. The minimum atomic E-state index is -0.545. The van der Waals surface area contributed by atoms with Crippen LogP contribution in [0, 0.1) is 5.82 Å². The lowest BCUT2D eigenvalue weighted by molar-refractivity contribution is 0.628. The van der Waals surface area contributed by atoms with Gasteiger partial charge in [-0.15, -0.1) is 0 Å². The van der Waals surface area contributed by atoms with Crippen molar-refractivity contribution in [2.24, 2.45) is 10.9 Å². The van der Waals surface area contributed by atoms with Crippen molar-refractivity contribution >= 4 is 29.4 Å². The first-order valence-electron chi connectivity index (χ1n) is 3.03. The summed E-state index contributed by atoms with van der Waals surface area (Å²) in [6, 6.07) is 2.57. The summed E-state index contributed by atoms with van der Waals surface area (Å²) < 4.78 is 12.8. The zero-order valence-corrected chi connectivity index (χ0v) is 7.40. The van der Waals surface area contributed by atoms with Crippen molar-refractivity contribution in [2.75, 3.05) is 0 Å². The SMILES string of the molecule is NN=Cc1c(Cl)ccc(F)c1Cl. The maximum Gasteiger partial charge on any atom is 0.142 e. The van der Waals surface area contributed by atoms with Gasteiger partial charge in [-0.3, -0.25) is 0 Å². The standard InChI is InChI=1S/C7H5Cl2FN2/c8-5-1-2-6(10)7(9)4(5)3-12-11/h1-3H,11H2. The minimum absolute atomic E-state index is 0.0725. The average molecular weight is 207 g/mol. The number of halogens is 3. The third-order valence-electron chi connectivity index (χ3n) is 1.28. The summed E-state index contributed by atoms with van der Waals surface area (Å²) in [6.45, 7) is 0. The summed E-state index contributed by atoms with van der Waals surface area (Å²) in [5, 5.41) is 3.45. The first-order chi connectivity index (χ1) is 5.66. The molecular weight excluding hydrogens is 202 g/mol. The van der Waals surface area contributed by atoms with E-state index in [-0.39, 0.29) is 5.02 Å². The van der Waals surface area contributed by atoms with Gasteiger partial charge in [0, 0.05) is 5.56 Å². The van der Waals surface area contributed by atoms with Crippen molar-refractivity contribution in [3.05, 3.63) is 33.6 Å². The maximum atomic E-state index is 12.8. The lowest BCUT2D eigenvalue weighted by atomic mass is 10.2. The Kier molecular flexibility index (Phi) is 2.89. The van der Waals surface area contributed by atoms with E-state index in [4.69, 9.17) is 29.0 Å². The van der Waals surface area contributed by atoms with Gasteiger partial charge in [-0.05, 0) is 12.1 Å². The summed E-state index contributed by atoms with van der Waals surface area (Å²) in [7, 11) is 0. The molecule has 0 aromatic heterocycles. The first kappa shape index (κ1) is 9.29. The van der Waals surface area contributed by atoms with Crippen molar-refractivity contribution in [1.29, 1.82) is 0 Å². The number of hydrogen-bond acceptors (Lipinski definition) is 2. The van der Waals surface area contributed by atoms with Crippen molar-refractivity contribution in [3.63, 3.8) is 0 Å². The molecular formula is C7H5Cl2FN2. The van der Waals surface area contributed by atoms with E-state index >= 15 is 0 Å². The van der Waals surface area contributed by atoms with Gasteiger partial charge in [-0.2, -0.15) is 5.10 Å². The van der Waals surface area contributed by atoms with Crippen LogP contribution in [0.2, 0.25) is 10.0 Å². The van der Waals surface area contributed by atoms with Crippen LogP contribution in [-0.4, -0.2) is 6.21 Å². The molecule has 0 saturated carbocycles. The van der Waals surface area contributed by atoms with Gasteiger partial charge in [0.25, 0.3) is 0 Å². The molecule has 1 aromatic rings. The van der Waals surface area contributed by atoms with Crippen LogP contribution in [0.4, 0.5) is 4.39 Å². The normalized spacial score (nSPS) is 10.9. The Hall–Kier alpha value is -0.800. The second-order valence-electron chi connectivity index (χ2n) is 2.04. The molecule has 64 valence electrons. The third-order valence-corrected chi connectivity index (χ3v) is 2.00. The first-order valence-corrected chi connectivity index (χ1v) is 3.79. The van der Waals surface area contributed by atoms with E-state index in [1.807, 2.05) is 0 Å². The van der Waals surface area contributed by atoms with Crippen molar-refractivity contribution in [2.45, 2.75) is 0 Å². The predicted molar refractivity (Wildman–Crippen MR) is 48.2 cm³/mol. The molecule has 1 rings (SSSR count). The monoisotopic (exact) mass is 206 g/mol. The molecule has 2 nitrogen and oxygen atoms in total. The molecule has 0 heterocycles. The Morgan fingerprint density at radius 2 is 2.08 bits per heavy atom. The highest BCUT2D eigenvalue weighted by Gasteiger charge is 2.07. The molecule has 0 fully saturated rings. The molecule has 0 bridgehead atoms. The lowest BCUT2D eigenvalue weighted by Gasteiger charge is -2.00. The summed E-state index contributed by atoms with van der Waals surface area (Å²) in [4.78, 5) is 0. The van der Waals surface area contributed by atoms with E-state index < -0.39 is 5.82 Å². The van der Waals surface area contributed by atoms with Crippen molar-refractivity contribution in [3.8, 4) is 0 Å². The fourth-order valence-corrected chi connectivity index (χ4v) is 1.20. The number of nitrogens with zero attached hydrogens (tertiary/aromatic N) is 1. The number of benzene rings is 1. The third kappa shape index (κ3) is 1.68. The van der Waals surface area contributed by atoms with Crippen molar-refractivity contribution in [1.82, 2.24) is 0 Å². The zero-order valence-electron chi connectivity index (χ0n) is 5.89. The van der Waals surface area contributed by atoms with Gasteiger partial charge in [-0.25, -0.2) is 4.39 Å². The van der Waals surface area contributed by atoms with E-state index in [1.165, 1.54) is 18.3 Å². The van der Waals surface area contributed by atoms with E-state index in [0.29, 0.717) is 10.6 Å². The Balaban J connectivity index is 3.32. The molecule has 0 amide bonds. The molecule has 0 saturated heterocycles.